The highest BCUT2D eigenvalue weighted by Crippen LogP contribution is 2.19. The molecule has 5 heteroatoms. The zero-order valence-corrected chi connectivity index (χ0v) is 9.00. The van der Waals surface area contributed by atoms with Gasteiger partial charge in [-0.15, -0.1) is 0 Å². The largest absolute Gasteiger partial charge is 0.409 e. The summed E-state index contributed by atoms with van der Waals surface area (Å²) in [6.07, 6.45) is 1.14. The third kappa shape index (κ3) is 4.11. The first kappa shape index (κ1) is 12.7. The highest BCUT2D eigenvalue weighted by molar-refractivity contribution is 5.83. The molecule has 0 radical (unpaired) electrons. The van der Waals surface area contributed by atoms with Crippen molar-refractivity contribution in [3.8, 4) is 0 Å². The van der Waals surface area contributed by atoms with Gasteiger partial charge in [0.25, 0.3) is 0 Å². The molecule has 0 aromatic carbocycles. The van der Waals surface area contributed by atoms with Crippen molar-refractivity contribution >= 4 is 11.7 Å². The van der Waals surface area contributed by atoms with Crippen molar-refractivity contribution in [2.24, 2.45) is 16.3 Å². The van der Waals surface area contributed by atoms with Crippen molar-refractivity contribution in [2.45, 2.75) is 33.6 Å². The van der Waals surface area contributed by atoms with Crippen LogP contribution in [0.3, 0.4) is 0 Å². The topological polar surface area (TPSA) is 87.7 Å². The van der Waals surface area contributed by atoms with Gasteiger partial charge in [0.2, 0.25) is 5.91 Å². The van der Waals surface area contributed by atoms with E-state index in [2.05, 4.69) is 10.5 Å². The minimum Gasteiger partial charge on any atom is -0.409 e. The number of rotatable bonds is 5. The molecular weight excluding hydrogens is 182 g/mol. The molecule has 0 aromatic rings. The Labute approximate surface area is 84.4 Å². The summed E-state index contributed by atoms with van der Waals surface area (Å²) in [5, 5.41) is 13.8. The zero-order valence-electron chi connectivity index (χ0n) is 9.00. The average Bonchev–Trinajstić information content (AvgIpc) is 2.17. The fourth-order valence-electron chi connectivity index (χ4n) is 0.754. The Kier molecular flexibility index (Phi) is 4.97. The Morgan fingerprint density at radius 1 is 1.57 bits per heavy atom. The first-order chi connectivity index (χ1) is 6.44. The Morgan fingerprint density at radius 3 is 2.57 bits per heavy atom. The van der Waals surface area contributed by atoms with E-state index in [1.807, 2.05) is 20.8 Å². The molecule has 0 saturated carbocycles. The summed E-state index contributed by atoms with van der Waals surface area (Å²) in [5.41, 5.74) is 4.89. The fraction of sp³-hybridized carbons (Fsp3) is 0.778. The maximum absolute atomic E-state index is 11.5. The second kappa shape index (κ2) is 5.47. The van der Waals surface area contributed by atoms with Crippen LogP contribution in [0.1, 0.15) is 33.6 Å². The molecule has 0 fully saturated rings. The van der Waals surface area contributed by atoms with E-state index in [0.717, 1.165) is 6.42 Å². The van der Waals surface area contributed by atoms with Crippen LogP contribution in [-0.2, 0) is 4.79 Å². The molecule has 0 atom stereocenters. The molecule has 0 heterocycles. The first-order valence-electron chi connectivity index (χ1n) is 4.68. The first-order valence-corrected chi connectivity index (χ1v) is 4.68. The fourth-order valence-corrected chi connectivity index (χ4v) is 0.754. The number of amidine groups is 1. The van der Waals surface area contributed by atoms with Gasteiger partial charge in [0.15, 0.2) is 0 Å². The van der Waals surface area contributed by atoms with Crippen LogP contribution >= 0.6 is 0 Å². The van der Waals surface area contributed by atoms with Crippen molar-refractivity contribution in [2.75, 3.05) is 6.54 Å². The Bertz CT molecular complexity index is 224. The summed E-state index contributed by atoms with van der Waals surface area (Å²) < 4.78 is 0. The lowest BCUT2D eigenvalue weighted by Gasteiger charge is -2.21. The summed E-state index contributed by atoms with van der Waals surface area (Å²) >= 11 is 0. The van der Waals surface area contributed by atoms with Gasteiger partial charge in [0, 0.05) is 18.4 Å². The van der Waals surface area contributed by atoms with Crippen LogP contribution in [0.25, 0.3) is 0 Å². The third-order valence-electron chi connectivity index (χ3n) is 2.29. The minimum atomic E-state index is -0.356. The normalized spacial score (nSPS) is 12.6. The van der Waals surface area contributed by atoms with Gasteiger partial charge in [0.05, 0.1) is 0 Å². The molecular formula is C9H19N3O2. The summed E-state index contributed by atoms with van der Waals surface area (Å²) in [6.45, 7) is 6.12. The number of nitrogens with zero attached hydrogens (tertiary/aromatic N) is 1. The molecule has 4 N–H and O–H groups in total. The number of nitrogens with one attached hydrogen (secondary N) is 1. The van der Waals surface area contributed by atoms with Gasteiger partial charge < -0.3 is 16.3 Å². The quantitative estimate of drug-likeness (QED) is 0.264. The van der Waals surface area contributed by atoms with Crippen LogP contribution in [0.5, 0.6) is 0 Å². The molecule has 0 spiro atoms. The number of hydrogen-bond acceptors (Lipinski definition) is 3. The maximum Gasteiger partial charge on any atom is 0.225 e. The number of carbonyl (C=O) groups excluding carboxylic acids is 1. The predicted octanol–water partition coefficient (Wildman–Crippen LogP) is 0.675. The maximum atomic E-state index is 11.5. The highest BCUT2D eigenvalue weighted by atomic mass is 16.4. The number of oxime groups is 1. The summed E-state index contributed by atoms with van der Waals surface area (Å²) in [6, 6.07) is 0. The second-order valence-corrected chi connectivity index (χ2v) is 3.83. The van der Waals surface area contributed by atoms with E-state index in [0.29, 0.717) is 13.0 Å². The molecule has 0 saturated heterocycles. The van der Waals surface area contributed by atoms with Crippen molar-refractivity contribution in [1.29, 1.82) is 0 Å². The summed E-state index contributed by atoms with van der Waals surface area (Å²) in [5.74, 6) is 0.116. The van der Waals surface area contributed by atoms with Gasteiger partial charge in [0.1, 0.15) is 5.84 Å². The molecule has 0 rings (SSSR count). The van der Waals surface area contributed by atoms with E-state index in [-0.39, 0.29) is 17.2 Å². The summed E-state index contributed by atoms with van der Waals surface area (Å²) in [4.78, 5) is 11.5. The second-order valence-electron chi connectivity index (χ2n) is 3.83. The van der Waals surface area contributed by atoms with Crippen molar-refractivity contribution in [1.82, 2.24) is 5.32 Å². The van der Waals surface area contributed by atoms with E-state index in [1.54, 1.807) is 0 Å². The van der Waals surface area contributed by atoms with E-state index in [9.17, 15) is 4.79 Å². The van der Waals surface area contributed by atoms with Crippen molar-refractivity contribution in [3.63, 3.8) is 0 Å². The Balaban J connectivity index is 3.87. The summed E-state index contributed by atoms with van der Waals surface area (Å²) in [7, 11) is 0. The average molecular weight is 201 g/mol. The van der Waals surface area contributed by atoms with Gasteiger partial charge in [-0.2, -0.15) is 0 Å². The molecule has 0 unspecified atom stereocenters. The molecule has 1 amide bonds. The standard InChI is InChI=1S/C9H19N3O2/c1-4-9(2,3)8(13)11-6-5-7(10)12-14/h14H,4-6H2,1-3H3,(H2,10,12)(H,11,13). The van der Waals surface area contributed by atoms with Gasteiger partial charge in [-0.25, -0.2) is 0 Å². The van der Waals surface area contributed by atoms with E-state index in [4.69, 9.17) is 10.9 Å². The van der Waals surface area contributed by atoms with Crippen molar-refractivity contribution in [3.05, 3.63) is 0 Å². The molecule has 0 aromatic heterocycles. The number of hydrogen-bond donors (Lipinski definition) is 3. The van der Waals surface area contributed by atoms with Crippen LogP contribution in [0.4, 0.5) is 0 Å². The lowest BCUT2D eigenvalue weighted by atomic mass is 9.89. The van der Waals surface area contributed by atoms with Crippen LogP contribution in [0, 0.1) is 5.41 Å². The Hall–Kier alpha value is -1.26. The molecule has 0 aliphatic carbocycles. The van der Waals surface area contributed by atoms with Gasteiger partial charge in [-0.3, -0.25) is 4.79 Å². The zero-order chi connectivity index (χ0) is 11.2. The van der Waals surface area contributed by atoms with Crippen LogP contribution < -0.4 is 11.1 Å². The van der Waals surface area contributed by atoms with Crippen LogP contribution in [-0.4, -0.2) is 23.5 Å². The number of nitrogens with two attached hydrogens (primary N) is 1. The molecule has 5 nitrogen and oxygen atoms in total. The van der Waals surface area contributed by atoms with Gasteiger partial charge >= 0.3 is 0 Å². The van der Waals surface area contributed by atoms with E-state index in [1.165, 1.54) is 0 Å². The molecule has 0 aliphatic heterocycles. The van der Waals surface area contributed by atoms with Crippen LogP contribution in [0.2, 0.25) is 0 Å². The van der Waals surface area contributed by atoms with Crippen molar-refractivity contribution < 1.29 is 10.0 Å². The van der Waals surface area contributed by atoms with E-state index < -0.39 is 0 Å². The minimum absolute atomic E-state index is 0.00857. The molecule has 0 bridgehead atoms. The van der Waals surface area contributed by atoms with Crippen LogP contribution in [0.15, 0.2) is 5.16 Å². The number of amides is 1. The SMILES string of the molecule is CCC(C)(C)C(=O)NCCC(N)=NO. The lowest BCUT2D eigenvalue weighted by Crippen LogP contribution is -2.38. The van der Waals surface area contributed by atoms with Gasteiger partial charge in [-0.1, -0.05) is 25.9 Å². The molecule has 0 aliphatic rings. The molecule has 14 heavy (non-hydrogen) atoms. The number of carbonyl (C=O) groups is 1. The molecule has 82 valence electrons. The smallest absolute Gasteiger partial charge is 0.225 e. The monoisotopic (exact) mass is 201 g/mol. The van der Waals surface area contributed by atoms with Gasteiger partial charge in [-0.05, 0) is 6.42 Å². The third-order valence-corrected chi connectivity index (χ3v) is 2.29. The van der Waals surface area contributed by atoms with E-state index >= 15 is 0 Å². The predicted molar refractivity (Wildman–Crippen MR) is 55.1 cm³/mol. The lowest BCUT2D eigenvalue weighted by molar-refractivity contribution is -0.129. The highest BCUT2D eigenvalue weighted by Gasteiger charge is 2.24. The Morgan fingerprint density at radius 2 is 2.14 bits per heavy atom.